The third-order valence-corrected chi connectivity index (χ3v) is 8.58. The molecule has 0 radical (unpaired) electrons. The minimum atomic E-state index is -0.564. The van der Waals surface area contributed by atoms with Gasteiger partial charge in [0.25, 0.3) is 0 Å². The third kappa shape index (κ3) is 4.48. The Kier molecular flexibility index (Phi) is 7.27. The fourth-order valence-electron chi connectivity index (χ4n) is 6.40. The summed E-state index contributed by atoms with van der Waals surface area (Å²) < 4.78 is 8.48. The van der Waals surface area contributed by atoms with Crippen molar-refractivity contribution >= 4 is 5.91 Å². The van der Waals surface area contributed by atoms with Crippen molar-refractivity contribution in [2.24, 2.45) is 7.05 Å². The molecule has 1 aromatic heterocycles. The number of carbonyl (C=O) groups is 1. The Morgan fingerprint density at radius 1 is 1.08 bits per heavy atom. The topological polar surface area (TPSA) is 83.2 Å². The summed E-state index contributed by atoms with van der Waals surface area (Å²) in [5, 5.41) is 13.6. The molecule has 3 aromatic rings. The minimum absolute atomic E-state index is 0.182. The van der Waals surface area contributed by atoms with Crippen LogP contribution in [0.2, 0.25) is 0 Å². The Morgan fingerprint density at radius 2 is 1.95 bits per heavy atom. The number of nitrogens with zero attached hydrogens (tertiary/aromatic N) is 4. The van der Waals surface area contributed by atoms with Gasteiger partial charge in [-0.25, -0.2) is 4.98 Å². The van der Waals surface area contributed by atoms with Gasteiger partial charge >= 0.3 is 0 Å². The number of benzene rings is 2. The van der Waals surface area contributed by atoms with Crippen molar-refractivity contribution in [2.75, 3.05) is 20.1 Å². The second kappa shape index (κ2) is 10.6. The van der Waals surface area contributed by atoms with Gasteiger partial charge in [0.1, 0.15) is 17.6 Å². The van der Waals surface area contributed by atoms with E-state index in [4.69, 9.17) is 4.74 Å². The number of aryl methyl sites for hydroxylation is 1. The van der Waals surface area contributed by atoms with Crippen LogP contribution in [0, 0.1) is 11.3 Å². The lowest BCUT2D eigenvalue weighted by Gasteiger charge is -2.37. The summed E-state index contributed by atoms with van der Waals surface area (Å²) in [7, 11) is 3.92. The molecule has 0 spiro atoms. The molecule has 7 nitrogen and oxygen atoms in total. The van der Waals surface area contributed by atoms with E-state index in [1.807, 2.05) is 78.6 Å². The van der Waals surface area contributed by atoms with E-state index >= 15 is 0 Å². The average molecular weight is 512 g/mol. The lowest BCUT2D eigenvalue weighted by Crippen LogP contribution is -2.46. The predicted molar refractivity (Wildman–Crippen MR) is 147 cm³/mol. The van der Waals surface area contributed by atoms with E-state index in [2.05, 4.69) is 23.3 Å². The number of imidazole rings is 1. The Bertz CT molecular complexity index is 1350. The fourth-order valence-corrected chi connectivity index (χ4v) is 6.40. The maximum atomic E-state index is 13.6. The highest BCUT2D eigenvalue weighted by atomic mass is 16.5. The maximum absolute atomic E-state index is 13.6. The lowest BCUT2D eigenvalue weighted by atomic mass is 9.72. The van der Waals surface area contributed by atoms with E-state index in [-0.39, 0.29) is 11.4 Å². The normalized spacial score (nSPS) is 24.1. The molecule has 3 heterocycles. The van der Waals surface area contributed by atoms with E-state index in [0.29, 0.717) is 17.1 Å². The second-order valence-corrected chi connectivity index (χ2v) is 10.8. The molecule has 7 heteroatoms. The van der Waals surface area contributed by atoms with E-state index in [1.165, 1.54) is 0 Å². The van der Waals surface area contributed by atoms with Crippen LogP contribution in [0.1, 0.15) is 74.3 Å². The van der Waals surface area contributed by atoms with Gasteiger partial charge in [-0.3, -0.25) is 4.79 Å². The van der Waals surface area contributed by atoms with Gasteiger partial charge in [0, 0.05) is 20.6 Å². The zero-order valence-electron chi connectivity index (χ0n) is 22.7. The Labute approximate surface area is 225 Å². The number of carbonyl (C=O) groups excluding carboxylic acids is 1. The van der Waals surface area contributed by atoms with Crippen LogP contribution in [-0.2, 0) is 22.8 Å². The van der Waals surface area contributed by atoms with Gasteiger partial charge in [-0.2, -0.15) is 5.26 Å². The smallest absolute Gasteiger partial charge is 0.232 e. The molecule has 198 valence electrons. The molecule has 2 aliphatic rings. The van der Waals surface area contributed by atoms with Crippen LogP contribution in [0.3, 0.4) is 0 Å². The first-order valence-corrected chi connectivity index (χ1v) is 13.7. The first-order valence-electron chi connectivity index (χ1n) is 13.7. The van der Waals surface area contributed by atoms with E-state index < -0.39 is 5.41 Å². The van der Waals surface area contributed by atoms with Gasteiger partial charge in [-0.05, 0) is 74.0 Å². The van der Waals surface area contributed by atoms with E-state index in [1.54, 1.807) is 0 Å². The van der Waals surface area contributed by atoms with Crippen molar-refractivity contribution < 1.29 is 9.53 Å². The van der Waals surface area contributed by atoms with Crippen molar-refractivity contribution in [1.82, 2.24) is 19.8 Å². The largest absolute Gasteiger partial charge is 0.456 e. The Balaban J connectivity index is 1.52. The quantitative estimate of drug-likeness (QED) is 0.480. The average Bonchev–Trinajstić information content (AvgIpc) is 3.60. The number of likely N-dealkylation sites (N-methyl/N-ethyl adjacent to an activating group) is 1. The van der Waals surface area contributed by atoms with Crippen LogP contribution in [0.15, 0.2) is 55.0 Å². The van der Waals surface area contributed by atoms with Crippen molar-refractivity contribution in [1.29, 1.82) is 5.26 Å². The van der Waals surface area contributed by atoms with Crippen LogP contribution in [-0.4, -0.2) is 40.5 Å². The van der Waals surface area contributed by atoms with Gasteiger partial charge in [0.2, 0.25) is 5.91 Å². The van der Waals surface area contributed by atoms with Gasteiger partial charge in [0.05, 0.1) is 34.7 Å². The molecule has 2 fully saturated rings. The van der Waals surface area contributed by atoms with E-state index in [0.717, 1.165) is 74.9 Å². The summed E-state index contributed by atoms with van der Waals surface area (Å²) in [6, 6.07) is 16.0. The number of likely N-dealkylation sites (tertiary alicyclic amines) is 1. The van der Waals surface area contributed by atoms with Crippen molar-refractivity contribution in [2.45, 2.75) is 62.8 Å². The standard InChI is InChI=1S/C31H37N5O2/c1-4-30(14-6-5-7-17-35(2)29(30)37)24-10-8-11-26(18-24)38-27-19-25(13-12-23(27)20-32)31(15-9-16-34-31)28-21-33-22-36(28)3/h8,10-13,18-19,21-22,34H,4-7,9,14-17H2,1-3H3/t30-,31+/m0/s1. The zero-order chi connectivity index (χ0) is 26.8. The van der Waals surface area contributed by atoms with Crippen molar-refractivity contribution in [3.05, 3.63) is 77.4 Å². The number of hydrogen-bond donors (Lipinski definition) is 1. The highest BCUT2D eigenvalue weighted by molar-refractivity contribution is 5.88. The number of ether oxygens (including phenoxy) is 1. The van der Waals surface area contributed by atoms with Gasteiger partial charge in [-0.1, -0.05) is 38.0 Å². The molecule has 0 unspecified atom stereocenters. The first kappa shape index (κ1) is 26.0. The van der Waals surface area contributed by atoms with Gasteiger partial charge in [-0.15, -0.1) is 0 Å². The highest BCUT2D eigenvalue weighted by Crippen LogP contribution is 2.42. The SMILES string of the molecule is CC[C@@]1(c2cccc(Oc3cc([C@@]4(c5cncn5C)CCCN4)ccc3C#N)c2)CCCCCN(C)C1=O. The molecule has 38 heavy (non-hydrogen) atoms. The summed E-state index contributed by atoms with van der Waals surface area (Å²) in [6.45, 7) is 3.80. The van der Waals surface area contributed by atoms with Crippen molar-refractivity contribution in [3.63, 3.8) is 0 Å². The van der Waals surface area contributed by atoms with Crippen LogP contribution in [0.5, 0.6) is 11.5 Å². The van der Waals surface area contributed by atoms with Crippen LogP contribution < -0.4 is 10.1 Å². The molecule has 1 N–H and O–H groups in total. The van der Waals surface area contributed by atoms with Gasteiger partial charge in [0.15, 0.2) is 0 Å². The third-order valence-electron chi connectivity index (χ3n) is 8.58. The highest BCUT2D eigenvalue weighted by Gasteiger charge is 2.41. The Morgan fingerprint density at radius 3 is 2.66 bits per heavy atom. The number of nitrogens with one attached hydrogen (secondary N) is 1. The molecule has 1 amide bonds. The monoisotopic (exact) mass is 511 g/mol. The van der Waals surface area contributed by atoms with Crippen LogP contribution in [0.4, 0.5) is 0 Å². The summed E-state index contributed by atoms with van der Waals surface area (Å²) in [4.78, 5) is 19.9. The molecule has 2 aliphatic heterocycles. The Hall–Kier alpha value is -3.63. The lowest BCUT2D eigenvalue weighted by molar-refractivity contribution is -0.137. The number of amides is 1. The van der Waals surface area contributed by atoms with Crippen LogP contribution >= 0.6 is 0 Å². The molecule has 2 saturated heterocycles. The molecular formula is C31H37N5O2. The summed E-state index contributed by atoms with van der Waals surface area (Å²) in [6.07, 6.45) is 10.5. The molecule has 2 atom stereocenters. The van der Waals surface area contributed by atoms with Crippen LogP contribution in [0.25, 0.3) is 0 Å². The molecule has 5 rings (SSSR count). The predicted octanol–water partition coefficient (Wildman–Crippen LogP) is 5.39. The molecular weight excluding hydrogens is 474 g/mol. The number of hydrogen-bond acceptors (Lipinski definition) is 5. The zero-order valence-corrected chi connectivity index (χ0v) is 22.7. The number of rotatable bonds is 6. The van der Waals surface area contributed by atoms with Crippen molar-refractivity contribution in [3.8, 4) is 17.6 Å². The second-order valence-electron chi connectivity index (χ2n) is 10.8. The summed E-state index contributed by atoms with van der Waals surface area (Å²) in [5.74, 6) is 1.33. The van der Waals surface area contributed by atoms with E-state index in [9.17, 15) is 10.1 Å². The first-order chi connectivity index (χ1) is 18.4. The molecule has 0 saturated carbocycles. The summed E-state index contributed by atoms with van der Waals surface area (Å²) in [5.41, 5.74) is 2.64. The molecule has 2 aromatic carbocycles. The fraction of sp³-hybridized carbons (Fsp3) is 0.452. The number of aromatic nitrogens is 2. The number of nitriles is 1. The summed E-state index contributed by atoms with van der Waals surface area (Å²) >= 11 is 0. The molecule has 0 aliphatic carbocycles. The van der Waals surface area contributed by atoms with Gasteiger partial charge < -0.3 is 19.5 Å². The minimum Gasteiger partial charge on any atom is -0.456 e. The molecule has 0 bridgehead atoms. The maximum Gasteiger partial charge on any atom is 0.232 e.